The van der Waals surface area contributed by atoms with Crippen molar-refractivity contribution in [1.29, 1.82) is 0 Å². The van der Waals surface area contributed by atoms with E-state index >= 15 is 0 Å². The number of rotatable bonds is 4. The maximum absolute atomic E-state index is 14.3. The second kappa shape index (κ2) is 8.60. The molecule has 1 aromatic carbocycles. The molecule has 1 heterocycles. The molecule has 1 N–H and O–H groups in total. The number of carbonyl (C=O) groups is 3. The number of methoxy groups -OCH3 is 1. The van der Waals surface area contributed by atoms with Gasteiger partial charge in [-0.3, -0.25) is 9.59 Å². The molecule has 160 valence electrons. The number of ether oxygens (including phenoxy) is 2. The lowest BCUT2D eigenvalue weighted by atomic mass is 9.69. The van der Waals surface area contributed by atoms with Crippen molar-refractivity contribution in [3.05, 3.63) is 57.1 Å². The molecule has 1 aromatic rings. The van der Waals surface area contributed by atoms with E-state index < -0.39 is 35.4 Å². The van der Waals surface area contributed by atoms with Crippen LogP contribution in [0, 0.1) is 17.7 Å². The quantitative estimate of drug-likeness (QED) is 0.574. The molecule has 0 unspecified atom stereocenters. The van der Waals surface area contributed by atoms with Gasteiger partial charge in [0.1, 0.15) is 11.7 Å². The van der Waals surface area contributed by atoms with Crippen molar-refractivity contribution in [1.82, 2.24) is 5.32 Å². The molecule has 30 heavy (non-hydrogen) atoms. The highest BCUT2D eigenvalue weighted by molar-refractivity contribution is 6.30. The Labute approximate surface area is 179 Å². The van der Waals surface area contributed by atoms with Crippen LogP contribution in [0.15, 0.2) is 40.7 Å². The molecule has 2 aliphatic rings. The largest absolute Gasteiger partial charge is 0.468 e. The zero-order valence-corrected chi connectivity index (χ0v) is 17.9. The van der Waals surface area contributed by atoms with Gasteiger partial charge in [-0.2, -0.15) is 0 Å². The van der Waals surface area contributed by atoms with E-state index in [0.717, 1.165) is 0 Å². The number of allylic oxidation sites excluding steroid dienone is 3. The standard InChI is InChI=1S/C22H23ClFNO5/c1-5-30-22(28)17-11(3)25-15-8-10(2)16(21(27)29-4)20(26)19(15)18(17)12-6-7-13(23)14(24)9-12/h6-7,9-10,16,18,25H,5,8H2,1-4H3/t10-,16+,18+/m0/s1. The first-order chi connectivity index (χ1) is 14.2. The number of esters is 2. The van der Waals surface area contributed by atoms with E-state index in [1.54, 1.807) is 26.8 Å². The molecule has 0 saturated heterocycles. The van der Waals surface area contributed by atoms with Crippen LogP contribution in [0.2, 0.25) is 5.02 Å². The van der Waals surface area contributed by atoms with Crippen molar-refractivity contribution in [2.45, 2.75) is 33.1 Å². The summed E-state index contributed by atoms with van der Waals surface area (Å²) >= 11 is 5.83. The number of dihydropyridines is 1. The van der Waals surface area contributed by atoms with Gasteiger partial charge in [-0.1, -0.05) is 24.6 Å². The number of Topliss-reactive ketones (excluding diaryl/α,β-unsaturated/α-hetero) is 1. The third kappa shape index (κ3) is 3.74. The van der Waals surface area contributed by atoms with Crippen molar-refractivity contribution >= 4 is 29.3 Å². The summed E-state index contributed by atoms with van der Waals surface area (Å²) in [6.45, 7) is 5.31. The maximum atomic E-state index is 14.3. The molecule has 0 spiro atoms. The van der Waals surface area contributed by atoms with E-state index in [0.29, 0.717) is 23.4 Å². The minimum atomic E-state index is -1.00. The van der Waals surface area contributed by atoms with Gasteiger partial charge in [0, 0.05) is 22.9 Å². The number of carbonyl (C=O) groups excluding carboxylic acids is 3. The summed E-state index contributed by atoms with van der Waals surface area (Å²) in [5.74, 6) is -4.55. The first-order valence-corrected chi connectivity index (χ1v) is 10.0. The number of benzene rings is 1. The molecule has 3 rings (SSSR count). The van der Waals surface area contributed by atoms with Crippen LogP contribution in [0.3, 0.4) is 0 Å². The summed E-state index contributed by atoms with van der Waals surface area (Å²) in [6.07, 6.45) is 0.404. The van der Waals surface area contributed by atoms with E-state index in [1.807, 2.05) is 0 Å². The van der Waals surface area contributed by atoms with Crippen LogP contribution in [0.5, 0.6) is 0 Å². The van der Waals surface area contributed by atoms with Gasteiger partial charge < -0.3 is 14.8 Å². The lowest BCUT2D eigenvalue weighted by Crippen LogP contribution is -2.43. The van der Waals surface area contributed by atoms with E-state index in [-0.39, 0.29) is 28.7 Å². The van der Waals surface area contributed by atoms with Crippen LogP contribution >= 0.6 is 11.6 Å². The Morgan fingerprint density at radius 3 is 2.63 bits per heavy atom. The average Bonchev–Trinajstić information content (AvgIpc) is 2.68. The summed E-state index contributed by atoms with van der Waals surface area (Å²) < 4.78 is 24.3. The maximum Gasteiger partial charge on any atom is 0.336 e. The van der Waals surface area contributed by atoms with Crippen LogP contribution < -0.4 is 5.32 Å². The molecule has 0 aromatic heterocycles. The van der Waals surface area contributed by atoms with Crippen molar-refractivity contribution in [3.63, 3.8) is 0 Å². The summed E-state index contributed by atoms with van der Waals surface area (Å²) in [6, 6.07) is 4.14. The molecule has 1 aliphatic carbocycles. The summed E-state index contributed by atoms with van der Waals surface area (Å²) in [5, 5.41) is 3.06. The fourth-order valence-corrected chi connectivity index (χ4v) is 4.30. The van der Waals surface area contributed by atoms with Gasteiger partial charge in [0.2, 0.25) is 0 Å². The third-order valence-corrected chi connectivity index (χ3v) is 5.82. The molecule has 3 atom stereocenters. The molecular weight excluding hydrogens is 413 g/mol. The zero-order chi connectivity index (χ0) is 22.2. The molecule has 0 amide bonds. The van der Waals surface area contributed by atoms with Crippen LogP contribution in [-0.2, 0) is 23.9 Å². The number of ketones is 1. The van der Waals surface area contributed by atoms with Gasteiger partial charge in [0.05, 0.1) is 24.3 Å². The van der Waals surface area contributed by atoms with Gasteiger partial charge in [-0.05, 0) is 43.9 Å². The Balaban J connectivity index is 2.21. The second-order valence-corrected chi connectivity index (χ2v) is 7.84. The fraction of sp³-hybridized carbons (Fsp3) is 0.409. The fourth-order valence-electron chi connectivity index (χ4n) is 4.19. The van der Waals surface area contributed by atoms with Crippen molar-refractivity contribution in [2.24, 2.45) is 11.8 Å². The lowest BCUT2D eigenvalue weighted by Gasteiger charge is -2.38. The summed E-state index contributed by atoms with van der Waals surface area (Å²) in [7, 11) is 1.23. The highest BCUT2D eigenvalue weighted by Crippen LogP contribution is 2.45. The summed E-state index contributed by atoms with van der Waals surface area (Å²) in [5.41, 5.74) is 1.95. The average molecular weight is 436 g/mol. The molecule has 6 nitrogen and oxygen atoms in total. The first kappa shape index (κ1) is 22.0. The monoisotopic (exact) mass is 435 g/mol. The van der Waals surface area contributed by atoms with E-state index in [1.165, 1.54) is 19.2 Å². The molecule has 1 aliphatic heterocycles. The minimum absolute atomic E-state index is 0.0729. The second-order valence-electron chi connectivity index (χ2n) is 7.43. The van der Waals surface area contributed by atoms with Crippen LogP contribution in [0.25, 0.3) is 0 Å². The SMILES string of the molecule is CCOC(=O)C1=C(C)NC2=C(C(=O)[C@H](C(=O)OC)[C@@H](C)C2)[C@@H]1c1ccc(Cl)c(F)c1. The number of halogens is 2. The van der Waals surface area contributed by atoms with E-state index in [4.69, 9.17) is 21.1 Å². The minimum Gasteiger partial charge on any atom is -0.468 e. The third-order valence-electron chi connectivity index (χ3n) is 5.52. The molecule has 0 radical (unpaired) electrons. The van der Waals surface area contributed by atoms with Gasteiger partial charge in [0.15, 0.2) is 5.78 Å². The van der Waals surface area contributed by atoms with E-state index in [2.05, 4.69) is 5.32 Å². The van der Waals surface area contributed by atoms with Gasteiger partial charge in [-0.15, -0.1) is 0 Å². The predicted molar refractivity (Wildman–Crippen MR) is 108 cm³/mol. The molecule has 8 heteroatoms. The first-order valence-electron chi connectivity index (χ1n) is 9.66. The smallest absolute Gasteiger partial charge is 0.336 e. The topological polar surface area (TPSA) is 81.7 Å². The number of nitrogens with one attached hydrogen (secondary N) is 1. The van der Waals surface area contributed by atoms with Crippen LogP contribution in [0.4, 0.5) is 4.39 Å². The molecule has 0 bridgehead atoms. The molecule has 0 saturated carbocycles. The zero-order valence-electron chi connectivity index (χ0n) is 17.2. The van der Waals surface area contributed by atoms with Gasteiger partial charge in [-0.25, -0.2) is 9.18 Å². The normalized spacial score (nSPS) is 23.7. The summed E-state index contributed by atoms with van der Waals surface area (Å²) in [4.78, 5) is 38.6. The number of hydrogen-bond acceptors (Lipinski definition) is 6. The molecule has 0 fully saturated rings. The highest BCUT2D eigenvalue weighted by atomic mass is 35.5. The Morgan fingerprint density at radius 1 is 1.33 bits per heavy atom. The van der Waals surface area contributed by atoms with Crippen molar-refractivity contribution in [3.8, 4) is 0 Å². The Kier molecular flexibility index (Phi) is 6.31. The predicted octanol–water partition coefficient (Wildman–Crippen LogP) is 3.66. The Bertz CT molecular complexity index is 984. The van der Waals surface area contributed by atoms with Crippen LogP contribution in [0.1, 0.15) is 38.7 Å². The Morgan fingerprint density at radius 2 is 2.03 bits per heavy atom. The van der Waals surface area contributed by atoms with Gasteiger partial charge >= 0.3 is 11.9 Å². The molecular formula is C22H23ClFNO5. The van der Waals surface area contributed by atoms with Crippen molar-refractivity contribution in [2.75, 3.05) is 13.7 Å². The van der Waals surface area contributed by atoms with Crippen molar-refractivity contribution < 1.29 is 28.2 Å². The lowest BCUT2D eigenvalue weighted by molar-refractivity contribution is -0.151. The van der Waals surface area contributed by atoms with Crippen LogP contribution in [-0.4, -0.2) is 31.4 Å². The highest BCUT2D eigenvalue weighted by Gasteiger charge is 2.47. The number of hydrogen-bond donors (Lipinski definition) is 1. The van der Waals surface area contributed by atoms with Gasteiger partial charge in [0.25, 0.3) is 0 Å². The van der Waals surface area contributed by atoms with E-state index in [9.17, 15) is 18.8 Å². The Hall–Kier alpha value is -2.67.